The van der Waals surface area contributed by atoms with Gasteiger partial charge in [-0.25, -0.2) is 0 Å². The monoisotopic (exact) mass is 144 g/mol. The van der Waals surface area contributed by atoms with Gasteiger partial charge in [-0.15, -0.1) is 4.91 Å². The molecule has 2 N–H and O–H groups in total. The van der Waals surface area contributed by atoms with Crippen LogP contribution < -0.4 is 5.32 Å². The van der Waals surface area contributed by atoms with E-state index in [9.17, 15) is 4.91 Å². The third-order valence-electron chi connectivity index (χ3n) is 0.959. The molecule has 0 aliphatic rings. The predicted octanol–water partition coefficient (Wildman–Crippen LogP) is 0.235. The Balaban J connectivity index is 3.44. The van der Waals surface area contributed by atoms with Crippen LogP contribution in [-0.2, 0) is 0 Å². The summed E-state index contributed by atoms with van der Waals surface area (Å²) in [6, 6.07) is 0. The van der Waals surface area contributed by atoms with Crippen molar-refractivity contribution in [2.24, 2.45) is 5.18 Å². The maximum absolute atomic E-state index is 9.88. The highest BCUT2D eigenvalue weighted by Crippen LogP contribution is 1.86. The first-order chi connectivity index (χ1) is 4.70. The minimum Gasteiger partial charge on any atom is -0.392 e. The van der Waals surface area contributed by atoms with Crippen molar-refractivity contribution in [2.45, 2.75) is 19.2 Å². The first kappa shape index (κ1) is 9.26. The Hall–Kier alpha value is -0.740. The van der Waals surface area contributed by atoms with Crippen LogP contribution in [0, 0.1) is 4.91 Å². The summed E-state index contributed by atoms with van der Waals surface area (Å²) >= 11 is 0. The average Bonchev–Trinajstić information content (AvgIpc) is 1.90. The number of nitrogens with one attached hydrogen (secondary N) is 1. The van der Waals surface area contributed by atoms with Crippen molar-refractivity contribution in [1.29, 1.82) is 0 Å². The summed E-state index contributed by atoms with van der Waals surface area (Å²) in [4.78, 5) is 9.88. The van der Waals surface area contributed by atoms with Gasteiger partial charge in [0, 0.05) is 6.54 Å². The summed E-state index contributed by atoms with van der Waals surface area (Å²) in [6.07, 6.45) is 0.328. The smallest absolute Gasteiger partial charge is 0.160 e. The maximum atomic E-state index is 9.88. The van der Waals surface area contributed by atoms with E-state index < -0.39 is 12.3 Å². The first-order valence-corrected chi connectivity index (χ1v) is 3.07. The number of aliphatic hydroxyl groups is 1. The van der Waals surface area contributed by atoms with Crippen LogP contribution in [0.5, 0.6) is 0 Å². The number of aliphatic hydroxyl groups excluding tert-OH is 1. The Morgan fingerprint density at radius 2 is 2.50 bits per heavy atom. The van der Waals surface area contributed by atoms with Gasteiger partial charge in [-0.2, -0.15) is 0 Å². The lowest BCUT2D eigenvalue weighted by molar-refractivity contribution is 0.189. The molecule has 0 amide bonds. The molecule has 0 aromatic carbocycles. The highest BCUT2D eigenvalue weighted by Gasteiger charge is 2.02. The van der Waals surface area contributed by atoms with Gasteiger partial charge in [-0.1, -0.05) is 6.58 Å². The molecule has 0 aromatic heterocycles. The SMILES string of the molecule is C=CC(N=O)NCC(C)O. The second-order valence-electron chi connectivity index (χ2n) is 2.04. The van der Waals surface area contributed by atoms with E-state index in [-0.39, 0.29) is 0 Å². The number of nitrogens with zero attached hydrogens (tertiary/aromatic N) is 1. The van der Waals surface area contributed by atoms with Gasteiger partial charge in [0.25, 0.3) is 0 Å². The second-order valence-corrected chi connectivity index (χ2v) is 2.04. The molecule has 0 aliphatic heterocycles. The van der Waals surface area contributed by atoms with E-state index in [1.807, 2.05) is 0 Å². The Morgan fingerprint density at radius 1 is 1.90 bits per heavy atom. The third-order valence-corrected chi connectivity index (χ3v) is 0.959. The first-order valence-electron chi connectivity index (χ1n) is 3.07. The van der Waals surface area contributed by atoms with Crippen LogP contribution in [0.15, 0.2) is 17.8 Å². The summed E-state index contributed by atoms with van der Waals surface area (Å²) < 4.78 is 0. The van der Waals surface area contributed by atoms with E-state index in [0.717, 1.165) is 0 Å². The fourth-order valence-corrected chi connectivity index (χ4v) is 0.455. The van der Waals surface area contributed by atoms with Crippen molar-refractivity contribution < 1.29 is 5.11 Å². The van der Waals surface area contributed by atoms with Crippen molar-refractivity contribution in [3.8, 4) is 0 Å². The molecule has 0 fully saturated rings. The number of nitroso groups, excluding NO2 is 1. The molecule has 0 aliphatic carbocycles. The van der Waals surface area contributed by atoms with Crippen LogP contribution >= 0.6 is 0 Å². The summed E-state index contributed by atoms with van der Waals surface area (Å²) in [7, 11) is 0. The van der Waals surface area contributed by atoms with Crippen molar-refractivity contribution in [1.82, 2.24) is 5.32 Å². The standard InChI is InChI=1S/C6H12N2O2/c1-3-6(8-10)7-4-5(2)9/h3,5-7,9H,1,4H2,2H3. The van der Waals surface area contributed by atoms with E-state index in [2.05, 4.69) is 17.1 Å². The van der Waals surface area contributed by atoms with Crippen LogP contribution in [0.3, 0.4) is 0 Å². The second kappa shape index (κ2) is 5.08. The molecule has 4 nitrogen and oxygen atoms in total. The van der Waals surface area contributed by atoms with Gasteiger partial charge in [0.1, 0.15) is 0 Å². The molecule has 2 atom stereocenters. The van der Waals surface area contributed by atoms with Crippen molar-refractivity contribution in [3.63, 3.8) is 0 Å². The number of hydrogen-bond donors (Lipinski definition) is 2. The summed E-state index contributed by atoms with van der Waals surface area (Å²) in [5.74, 6) is 0. The van der Waals surface area contributed by atoms with Crippen LogP contribution in [0.25, 0.3) is 0 Å². The molecule has 0 saturated heterocycles. The molecule has 0 saturated carbocycles. The van der Waals surface area contributed by atoms with Crippen LogP contribution in [0.4, 0.5) is 0 Å². The zero-order valence-corrected chi connectivity index (χ0v) is 5.95. The maximum Gasteiger partial charge on any atom is 0.160 e. The molecule has 0 heterocycles. The number of hydrogen-bond acceptors (Lipinski definition) is 4. The lowest BCUT2D eigenvalue weighted by Gasteiger charge is -2.07. The van der Waals surface area contributed by atoms with Crippen LogP contribution in [0.1, 0.15) is 6.92 Å². The minimum atomic E-state index is -0.588. The lowest BCUT2D eigenvalue weighted by atomic mass is 10.4. The van der Waals surface area contributed by atoms with Gasteiger partial charge in [0.2, 0.25) is 0 Å². The molecule has 0 radical (unpaired) electrons. The van der Waals surface area contributed by atoms with Crippen molar-refractivity contribution >= 4 is 0 Å². The molecule has 10 heavy (non-hydrogen) atoms. The molecular formula is C6H12N2O2. The zero-order chi connectivity index (χ0) is 7.98. The average molecular weight is 144 g/mol. The van der Waals surface area contributed by atoms with Gasteiger partial charge in [0.05, 0.1) is 6.10 Å². The number of rotatable bonds is 5. The fourth-order valence-electron chi connectivity index (χ4n) is 0.455. The van der Waals surface area contributed by atoms with Gasteiger partial charge in [0.15, 0.2) is 6.17 Å². The molecule has 0 spiro atoms. The predicted molar refractivity (Wildman–Crippen MR) is 39.5 cm³/mol. The summed E-state index contributed by atoms with van der Waals surface area (Å²) in [5, 5.41) is 14.1. The molecular weight excluding hydrogens is 132 g/mol. The molecule has 0 rings (SSSR count). The molecule has 0 aromatic rings. The summed E-state index contributed by atoms with van der Waals surface area (Å²) in [6.45, 7) is 5.34. The van der Waals surface area contributed by atoms with E-state index >= 15 is 0 Å². The normalized spacial score (nSPS) is 15.8. The van der Waals surface area contributed by atoms with Gasteiger partial charge < -0.3 is 5.11 Å². The van der Waals surface area contributed by atoms with Gasteiger partial charge in [-0.05, 0) is 18.2 Å². The van der Waals surface area contributed by atoms with Crippen molar-refractivity contribution in [3.05, 3.63) is 17.6 Å². The lowest BCUT2D eigenvalue weighted by Crippen LogP contribution is -2.31. The van der Waals surface area contributed by atoms with E-state index in [1.54, 1.807) is 6.92 Å². The van der Waals surface area contributed by atoms with E-state index in [0.29, 0.717) is 6.54 Å². The molecule has 4 heteroatoms. The topological polar surface area (TPSA) is 61.7 Å². The highest BCUT2D eigenvalue weighted by molar-refractivity contribution is 4.83. The molecule has 58 valence electrons. The largest absolute Gasteiger partial charge is 0.392 e. The van der Waals surface area contributed by atoms with Gasteiger partial charge in [-0.3, -0.25) is 5.32 Å². The van der Waals surface area contributed by atoms with Crippen LogP contribution in [0.2, 0.25) is 0 Å². The minimum absolute atomic E-state index is 0.350. The van der Waals surface area contributed by atoms with Crippen molar-refractivity contribution in [2.75, 3.05) is 6.54 Å². The molecule has 2 unspecified atom stereocenters. The van der Waals surface area contributed by atoms with Crippen LogP contribution in [-0.4, -0.2) is 23.9 Å². The Bertz CT molecular complexity index is 106. The highest BCUT2D eigenvalue weighted by atomic mass is 16.3. The van der Waals surface area contributed by atoms with Gasteiger partial charge >= 0.3 is 0 Å². The third kappa shape index (κ3) is 4.17. The fraction of sp³-hybridized carbons (Fsp3) is 0.667. The Kier molecular flexibility index (Phi) is 4.70. The molecule has 0 bridgehead atoms. The Labute approximate surface area is 59.9 Å². The quantitative estimate of drug-likeness (QED) is 0.429. The Morgan fingerprint density at radius 3 is 2.80 bits per heavy atom. The van der Waals surface area contributed by atoms with E-state index in [4.69, 9.17) is 5.11 Å². The zero-order valence-electron chi connectivity index (χ0n) is 5.95. The van der Waals surface area contributed by atoms with E-state index in [1.165, 1.54) is 6.08 Å². The summed E-state index contributed by atoms with van der Waals surface area (Å²) in [5.41, 5.74) is 0.